The van der Waals surface area contributed by atoms with E-state index in [-0.39, 0.29) is 0 Å². The van der Waals surface area contributed by atoms with Crippen LogP contribution in [0, 0.1) is 25.2 Å². The van der Waals surface area contributed by atoms with Gasteiger partial charge in [0.2, 0.25) is 0 Å². The van der Waals surface area contributed by atoms with Crippen LogP contribution in [0.25, 0.3) is 0 Å². The van der Waals surface area contributed by atoms with Crippen molar-refractivity contribution in [2.24, 2.45) is 0 Å². The lowest BCUT2D eigenvalue weighted by Gasteiger charge is -2.10. The smallest absolute Gasteiger partial charge is 0.0992 e. The fourth-order valence-corrected chi connectivity index (χ4v) is 2.37. The van der Waals surface area contributed by atoms with Crippen LogP contribution in [0.4, 0.5) is 11.4 Å². The third-order valence-electron chi connectivity index (χ3n) is 2.60. The summed E-state index contributed by atoms with van der Waals surface area (Å²) in [7, 11) is 0. The van der Waals surface area contributed by atoms with E-state index in [0.717, 1.165) is 15.8 Å². The number of nitrogens with one attached hydrogen (secondary N) is 1. The first-order chi connectivity index (χ1) is 8.58. The Labute approximate surface area is 115 Å². The van der Waals surface area contributed by atoms with Gasteiger partial charge in [-0.2, -0.15) is 5.26 Å². The first-order valence-corrected chi connectivity index (χ1v) is 6.43. The van der Waals surface area contributed by atoms with E-state index in [1.165, 1.54) is 11.1 Å². The molecule has 2 aromatic rings. The van der Waals surface area contributed by atoms with E-state index < -0.39 is 0 Å². The monoisotopic (exact) mass is 300 g/mol. The third-order valence-corrected chi connectivity index (χ3v) is 3.25. The molecular weight excluding hydrogens is 288 g/mol. The minimum absolute atomic E-state index is 0.646. The van der Waals surface area contributed by atoms with Gasteiger partial charge in [-0.1, -0.05) is 6.07 Å². The molecule has 1 N–H and O–H groups in total. The summed E-state index contributed by atoms with van der Waals surface area (Å²) in [5.41, 5.74) is 5.11. The molecule has 0 atom stereocenters. The van der Waals surface area contributed by atoms with Crippen LogP contribution in [-0.2, 0) is 0 Å². The zero-order valence-corrected chi connectivity index (χ0v) is 11.9. The SMILES string of the molecule is Cc1cc(C)cc(Nc2ccc(C#N)cc2Br)c1. The summed E-state index contributed by atoms with van der Waals surface area (Å²) < 4.78 is 0.890. The number of nitriles is 1. The number of halogens is 1. The predicted molar refractivity (Wildman–Crippen MR) is 78.1 cm³/mol. The molecule has 2 rings (SSSR count). The summed E-state index contributed by atoms with van der Waals surface area (Å²) >= 11 is 3.47. The maximum absolute atomic E-state index is 8.82. The Morgan fingerprint density at radius 3 is 2.28 bits per heavy atom. The highest BCUT2D eigenvalue weighted by molar-refractivity contribution is 9.10. The molecule has 0 saturated heterocycles. The fourth-order valence-electron chi connectivity index (χ4n) is 1.89. The molecule has 0 unspecified atom stereocenters. The van der Waals surface area contributed by atoms with Crippen molar-refractivity contribution in [3.05, 3.63) is 57.6 Å². The summed E-state index contributed by atoms with van der Waals surface area (Å²) in [6.45, 7) is 4.15. The van der Waals surface area contributed by atoms with E-state index in [1.807, 2.05) is 12.1 Å². The van der Waals surface area contributed by atoms with Crippen molar-refractivity contribution in [1.29, 1.82) is 5.26 Å². The van der Waals surface area contributed by atoms with Gasteiger partial charge >= 0.3 is 0 Å². The van der Waals surface area contributed by atoms with Crippen molar-refractivity contribution in [1.82, 2.24) is 0 Å². The van der Waals surface area contributed by atoms with Crippen molar-refractivity contribution in [2.45, 2.75) is 13.8 Å². The van der Waals surface area contributed by atoms with E-state index >= 15 is 0 Å². The van der Waals surface area contributed by atoms with Crippen LogP contribution >= 0.6 is 15.9 Å². The van der Waals surface area contributed by atoms with Gasteiger partial charge in [-0.3, -0.25) is 0 Å². The molecule has 0 aliphatic carbocycles. The van der Waals surface area contributed by atoms with Crippen LogP contribution in [0.5, 0.6) is 0 Å². The lowest BCUT2D eigenvalue weighted by Crippen LogP contribution is -1.93. The zero-order chi connectivity index (χ0) is 13.1. The second-order valence-corrected chi connectivity index (χ2v) is 5.16. The standard InChI is InChI=1S/C15H13BrN2/c1-10-5-11(2)7-13(6-10)18-15-4-3-12(9-17)8-14(15)16/h3-8,18H,1-2H3. The Morgan fingerprint density at radius 2 is 1.72 bits per heavy atom. The molecule has 3 heteroatoms. The first-order valence-electron chi connectivity index (χ1n) is 5.63. The van der Waals surface area contributed by atoms with Crippen LogP contribution in [0.1, 0.15) is 16.7 Å². The highest BCUT2D eigenvalue weighted by atomic mass is 79.9. The highest BCUT2D eigenvalue weighted by Gasteiger charge is 2.02. The number of hydrogen-bond acceptors (Lipinski definition) is 2. The first kappa shape index (κ1) is 12.7. The summed E-state index contributed by atoms with van der Waals surface area (Å²) in [6.07, 6.45) is 0. The average molecular weight is 301 g/mol. The summed E-state index contributed by atoms with van der Waals surface area (Å²) in [6, 6.07) is 14.0. The number of anilines is 2. The topological polar surface area (TPSA) is 35.8 Å². The molecule has 0 saturated carbocycles. The Bertz CT molecular complexity index is 607. The summed E-state index contributed by atoms with van der Waals surface area (Å²) in [5, 5.41) is 12.2. The molecule has 18 heavy (non-hydrogen) atoms. The third kappa shape index (κ3) is 2.91. The van der Waals surface area contributed by atoms with Crippen LogP contribution in [0.2, 0.25) is 0 Å². The van der Waals surface area contributed by atoms with Gasteiger partial charge in [0, 0.05) is 10.2 Å². The summed E-state index contributed by atoms with van der Waals surface area (Å²) in [4.78, 5) is 0. The van der Waals surface area contributed by atoms with Crippen molar-refractivity contribution >= 4 is 27.3 Å². The second kappa shape index (κ2) is 5.24. The fraction of sp³-hybridized carbons (Fsp3) is 0.133. The maximum Gasteiger partial charge on any atom is 0.0992 e. The van der Waals surface area contributed by atoms with Gasteiger partial charge in [0.05, 0.1) is 17.3 Å². The van der Waals surface area contributed by atoms with Crippen molar-refractivity contribution in [3.8, 4) is 6.07 Å². The molecule has 0 aliphatic heterocycles. The van der Waals surface area contributed by atoms with E-state index in [4.69, 9.17) is 5.26 Å². The van der Waals surface area contributed by atoms with E-state index in [9.17, 15) is 0 Å². The van der Waals surface area contributed by atoms with Gasteiger partial charge in [0.25, 0.3) is 0 Å². The number of rotatable bonds is 2. The van der Waals surface area contributed by atoms with Gasteiger partial charge in [0.15, 0.2) is 0 Å². The molecule has 0 spiro atoms. The van der Waals surface area contributed by atoms with Gasteiger partial charge in [-0.15, -0.1) is 0 Å². The van der Waals surface area contributed by atoms with Crippen LogP contribution < -0.4 is 5.32 Å². The Hall–Kier alpha value is -1.79. The predicted octanol–water partition coefficient (Wildman–Crippen LogP) is 4.68. The number of nitrogens with zero attached hydrogens (tertiary/aromatic N) is 1. The molecule has 2 nitrogen and oxygen atoms in total. The van der Waals surface area contributed by atoms with E-state index in [1.54, 1.807) is 6.07 Å². The Kier molecular flexibility index (Phi) is 3.69. The maximum atomic E-state index is 8.82. The largest absolute Gasteiger partial charge is 0.355 e. The highest BCUT2D eigenvalue weighted by Crippen LogP contribution is 2.27. The minimum atomic E-state index is 0.646. The van der Waals surface area contributed by atoms with Crippen LogP contribution in [0.3, 0.4) is 0 Å². The van der Waals surface area contributed by atoms with E-state index in [0.29, 0.717) is 5.56 Å². The van der Waals surface area contributed by atoms with Gasteiger partial charge in [0.1, 0.15) is 0 Å². The molecule has 0 fully saturated rings. The van der Waals surface area contributed by atoms with Crippen LogP contribution in [-0.4, -0.2) is 0 Å². The Balaban J connectivity index is 2.31. The zero-order valence-electron chi connectivity index (χ0n) is 10.3. The van der Waals surface area contributed by atoms with Crippen molar-refractivity contribution in [2.75, 3.05) is 5.32 Å². The molecule has 0 bridgehead atoms. The average Bonchev–Trinajstić information content (AvgIpc) is 2.30. The molecular formula is C15H13BrN2. The van der Waals surface area contributed by atoms with E-state index in [2.05, 4.69) is 59.4 Å². The minimum Gasteiger partial charge on any atom is -0.355 e. The number of benzene rings is 2. The molecule has 0 amide bonds. The van der Waals surface area contributed by atoms with Gasteiger partial charge < -0.3 is 5.32 Å². The van der Waals surface area contributed by atoms with Crippen molar-refractivity contribution in [3.63, 3.8) is 0 Å². The Morgan fingerprint density at radius 1 is 1.06 bits per heavy atom. The molecule has 0 aliphatic rings. The van der Waals surface area contributed by atoms with Crippen molar-refractivity contribution < 1.29 is 0 Å². The second-order valence-electron chi connectivity index (χ2n) is 4.31. The number of hydrogen-bond donors (Lipinski definition) is 1. The molecule has 2 aromatic carbocycles. The molecule has 0 aromatic heterocycles. The van der Waals surface area contributed by atoms with Gasteiger partial charge in [-0.05, 0) is 71.2 Å². The van der Waals surface area contributed by atoms with Crippen LogP contribution in [0.15, 0.2) is 40.9 Å². The molecule has 90 valence electrons. The lowest BCUT2D eigenvalue weighted by molar-refractivity contribution is 1.37. The molecule has 0 radical (unpaired) electrons. The van der Waals surface area contributed by atoms with Gasteiger partial charge in [-0.25, -0.2) is 0 Å². The summed E-state index contributed by atoms with van der Waals surface area (Å²) in [5.74, 6) is 0. The lowest BCUT2D eigenvalue weighted by atomic mass is 10.1. The normalized spacial score (nSPS) is 9.89. The quantitative estimate of drug-likeness (QED) is 0.874. The molecule has 0 heterocycles. The number of aryl methyl sites for hydroxylation is 2.